The van der Waals surface area contributed by atoms with Crippen molar-refractivity contribution in [3.05, 3.63) is 0 Å². The molecule has 0 radical (unpaired) electrons. The molecule has 2 saturated heterocycles. The van der Waals surface area contributed by atoms with E-state index in [-0.39, 0.29) is 0 Å². The minimum atomic E-state index is 0.537. The first-order chi connectivity index (χ1) is 6.16. The average Bonchev–Trinajstić information content (AvgIpc) is 2.62. The van der Waals surface area contributed by atoms with E-state index in [1.54, 1.807) is 0 Å². The lowest BCUT2D eigenvalue weighted by molar-refractivity contribution is 0.0104. The second-order valence-corrected chi connectivity index (χ2v) is 4.65. The Kier molecular flexibility index (Phi) is 2.58. The van der Waals surface area contributed by atoms with Gasteiger partial charge in [0, 0.05) is 25.2 Å². The maximum Gasteiger partial charge on any atom is 0.0718 e. The van der Waals surface area contributed by atoms with E-state index in [0.29, 0.717) is 18.2 Å². The molecule has 0 N–H and O–H groups in total. The van der Waals surface area contributed by atoms with Gasteiger partial charge in [-0.2, -0.15) is 0 Å². The Labute approximate surface area is 80.6 Å². The number of nitrogens with zero attached hydrogens (tertiary/aromatic N) is 2. The molecule has 2 aliphatic heterocycles. The third-order valence-electron chi connectivity index (χ3n) is 3.14. The molecule has 2 heterocycles. The van der Waals surface area contributed by atoms with Gasteiger partial charge in [0.05, 0.1) is 12.7 Å². The lowest BCUT2D eigenvalue weighted by Gasteiger charge is -2.33. The Hall–Kier alpha value is -0.120. The van der Waals surface area contributed by atoms with E-state index in [0.717, 1.165) is 19.7 Å². The molecule has 2 rings (SSSR count). The van der Waals surface area contributed by atoms with E-state index < -0.39 is 0 Å². The predicted octanol–water partition coefficient (Wildman–Crippen LogP) is 0.410. The van der Waals surface area contributed by atoms with Gasteiger partial charge in [-0.25, -0.2) is 0 Å². The number of likely N-dealkylation sites (tertiary alicyclic amines) is 1. The minimum Gasteiger partial charge on any atom is -0.375 e. The Balaban J connectivity index is 1.87. The van der Waals surface area contributed by atoms with Crippen molar-refractivity contribution in [1.82, 2.24) is 9.80 Å². The summed E-state index contributed by atoms with van der Waals surface area (Å²) in [4.78, 5) is 4.87. The van der Waals surface area contributed by atoms with E-state index in [4.69, 9.17) is 4.74 Å². The molecule has 2 aliphatic rings. The summed E-state index contributed by atoms with van der Waals surface area (Å²) >= 11 is 0. The molecule has 0 saturated carbocycles. The number of ether oxygens (including phenoxy) is 1. The molecule has 0 aromatic heterocycles. The van der Waals surface area contributed by atoms with Gasteiger partial charge in [-0.15, -0.1) is 0 Å². The van der Waals surface area contributed by atoms with Gasteiger partial charge in [0.15, 0.2) is 0 Å². The standard InChI is InChI=1S/C10H20N2O/c1-8(5-11(2)3)12-6-10-4-9(12)7-13-10/h8-10H,4-7H2,1-3H3. The van der Waals surface area contributed by atoms with Crippen LogP contribution in [0.3, 0.4) is 0 Å². The van der Waals surface area contributed by atoms with Crippen molar-refractivity contribution in [2.24, 2.45) is 0 Å². The second kappa shape index (κ2) is 3.56. The quantitative estimate of drug-likeness (QED) is 0.632. The van der Waals surface area contributed by atoms with Crippen molar-refractivity contribution < 1.29 is 4.74 Å². The Morgan fingerprint density at radius 1 is 1.54 bits per heavy atom. The van der Waals surface area contributed by atoms with Crippen molar-refractivity contribution >= 4 is 0 Å². The second-order valence-electron chi connectivity index (χ2n) is 4.65. The van der Waals surface area contributed by atoms with Crippen molar-refractivity contribution in [1.29, 1.82) is 0 Å². The zero-order valence-corrected chi connectivity index (χ0v) is 8.86. The fourth-order valence-corrected chi connectivity index (χ4v) is 2.60. The zero-order valence-electron chi connectivity index (χ0n) is 8.86. The third-order valence-corrected chi connectivity index (χ3v) is 3.14. The maximum atomic E-state index is 5.58. The highest BCUT2D eigenvalue weighted by Gasteiger charge is 2.40. The van der Waals surface area contributed by atoms with E-state index in [2.05, 4.69) is 30.8 Å². The van der Waals surface area contributed by atoms with Crippen LogP contribution in [0.25, 0.3) is 0 Å². The number of fused-ring (bicyclic) bond motifs is 2. The molecule has 3 nitrogen and oxygen atoms in total. The molecule has 2 bridgehead atoms. The largest absolute Gasteiger partial charge is 0.375 e. The summed E-state index contributed by atoms with van der Waals surface area (Å²) < 4.78 is 5.58. The van der Waals surface area contributed by atoms with Gasteiger partial charge in [-0.1, -0.05) is 0 Å². The summed E-state index contributed by atoms with van der Waals surface area (Å²) in [5.41, 5.74) is 0. The molecule has 3 atom stereocenters. The van der Waals surface area contributed by atoms with Crippen LogP contribution in [0.1, 0.15) is 13.3 Å². The molecule has 0 amide bonds. The topological polar surface area (TPSA) is 15.7 Å². The van der Waals surface area contributed by atoms with E-state index in [1.165, 1.54) is 6.42 Å². The normalized spacial score (nSPS) is 36.0. The summed E-state index contributed by atoms with van der Waals surface area (Å²) in [6.07, 6.45) is 1.80. The zero-order chi connectivity index (χ0) is 9.42. The lowest BCUT2D eigenvalue weighted by Crippen LogP contribution is -2.46. The van der Waals surface area contributed by atoms with E-state index in [9.17, 15) is 0 Å². The number of rotatable bonds is 3. The molecule has 0 aromatic carbocycles. The number of hydrogen-bond acceptors (Lipinski definition) is 3. The number of hydrogen-bond donors (Lipinski definition) is 0. The molecular weight excluding hydrogens is 164 g/mol. The summed E-state index contributed by atoms with van der Waals surface area (Å²) in [5.74, 6) is 0. The van der Waals surface area contributed by atoms with Crippen LogP contribution in [-0.2, 0) is 4.74 Å². The first-order valence-electron chi connectivity index (χ1n) is 5.19. The molecule has 2 fully saturated rings. The van der Waals surface area contributed by atoms with Gasteiger partial charge in [0.1, 0.15) is 0 Å². The molecular formula is C10H20N2O. The molecule has 3 unspecified atom stereocenters. The lowest BCUT2D eigenvalue weighted by atomic mass is 10.2. The van der Waals surface area contributed by atoms with Crippen molar-refractivity contribution in [2.75, 3.05) is 33.8 Å². The number of morpholine rings is 1. The number of likely N-dealkylation sites (N-methyl/N-ethyl adjacent to an activating group) is 1. The third kappa shape index (κ3) is 1.87. The highest BCUT2D eigenvalue weighted by atomic mass is 16.5. The fourth-order valence-electron chi connectivity index (χ4n) is 2.60. The van der Waals surface area contributed by atoms with Crippen LogP contribution in [-0.4, -0.2) is 61.8 Å². The highest BCUT2D eigenvalue weighted by molar-refractivity contribution is 4.94. The smallest absolute Gasteiger partial charge is 0.0718 e. The fraction of sp³-hybridized carbons (Fsp3) is 1.00. The van der Waals surface area contributed by atoms with Crippen LogP contribution in [0.5, 0.6) is 0 Å². The van der Waals surface area contributed by atoms with E-state index >= 15 is 0 Å². The van der Waals surface area contributed by atoms with Crippen molar-refractivity contribution in [2.45, 2.75) is 31.5 Å². The average molecular weight is 184 g/mol. The molecule has 0 spiro atoms. The summed E-state index contributed by atoms with van der Waals surface area (Å²) in [5, 5.41) is 0. The summed E-state index contributed by atoms with van der Waals surface area (Å²) in [6, 6.07) is 1.38. The van der Waals surface area contributed by atoms with Gasteiger partial charge >= 0.3 is 0 Å². The SMILES string of the molecule is CC(CN(C)C)N1CC2CC1CO2. The van der Waals surface area contributed by atoms with Gasteiger partial charge in [-0.05, 0) is 27.4 Å². The molecule has 0 aliphatic carbocycles. The van der Waals surface area contributed by atoms with Crippen LogP contribution >= 0.6 is 0 Å². The van der Waals surface area contributed by atoms with E-state index in [1.807, 2.05) is 0 Å². The van der Waals surface area contributed by atoms with Crippen LogP contribution in [0, 0.1) is 0 Å². The monoisotopic (exact) mass is 184 g/mol. The van der Waals surface area contributed by atoms with Crippen molar-refractivity contribution in [3.63, 3.8) is 0 Å². The molecule has 76 valence electrons. The summed E-state index contributed by atoms with van der Waals surface area (Å²) in [7, 11) is 4.28. The van der Waals surface area contributed by atoms with Crippen LogP contribution < -0.4 is 0 Å². The van der Waals surface area contributed by atoms with Crippen molar-refractivity contribution in [3.8, 4) is 0 Å². The van der Waals surface area contributed by atoms with Gasteiger partial charge in [0.25, 0.3) is 0 Å². The summed E-state index contributed by atoms with van der Waals surface area (Å²) in [6.45, 7) is 5.59. The van der Waals surface area contributed by atoms with Crippen LogP contribution in [0.15, 0.2) is 0 Å². The maximum absolute atomic E-state index is 5.58. The molecule has 3 heteroatoms. The minimum absolute atomic E-state index is 0.537. The van der Waals surface area contributed by atoms with Gasteiger partial charge in [-0.3, -0.25) is 4.90 Å². The highest BCUT2D eigenvalue weighted by Crippen LogP contribution is 2.29. The molecule has 0 aromatic rings. The first kappa shape index (κ1) is 9.44. The van der Waals surface area contributed by atoms with Gasteiger partial charge < -0.3 is 9.64 Å². The van der Waals surface area contributed by atoms with Gasteiger partial charge in [0.2, 0.25) is 0 Å². The van der Waals surface area contributed by atoms with Crippen LogP contribution in [0.4, 0.5) is 0 Å². The predicted molar refractivity (Wildman–Crippen MR) is 52.9 cm³/mol. The Morgan fingerprint density at radius 2 is 2.31 bits per heavy atom. The Bertz CT molecular complexity index is 184. The molecule has 13 heavy (non-hydrogen) atoms. The Morgan fingerprint density at radius 3 is 2.77 bits per heavy atom. The first-order valence-corrected chi connectivity index (χ1v) is 5.19. The van der Waals surface area contributed by atoms with Crippen LogP contribution in [0.2, 0.25) is 0 Å².